The molecule has 0 spiro atoms. The largest absolute Gasteiger partial charge is 0.455 e. The molecule has 0 aliphatic heterocycles. The van der Waals surface area contributed by atoms with Crippen LogP contribution in [0.15, 0.2) is 506 Å². The number of rotatable bonds is 13. The Hall–Kier alpha value is -17.2. The van der Waals surface area contributed by atoms with Crippen molar-refractivity contribution >= 4 is 87.5 Å². The molecule has 0 saturated heterocycles. The Morgan fingerprint density at radius 3 is 0.678 bits per heavy atom. The molecule has 146 heavy (non-hydrogen) atoms. The standard InChI is InChI=1S/C46H38.C34H28N2.C34H26O2.C28H26/c1-46(2,3)45-43(41-29-37(33-17-8-4-9-18-33)27-38(30-41)34-19-10-5-11-20-34)25-16-26-44(45)42-31-39(35-21-12-6-13-22-35)28-40(32-42)36-23-14-7-15-24-36;1-34(2,3)33-31(35-27-17-8-4-13-23(27)24-14-5-9-18-28(24)35)21-12-22-32(33)36-29-19-10-6-15-25(29)26-16-7-11-20-30(26)36;1-34(2,3)31-23(27-17-9-15-25-21-11-4-6-19-29(21)35-32(25)27)13-8-14-24(31)28-18-10-16-26-22-12-5-7-20-30(22)36-33(26)28;1-28(2,3)27-17-11-10-16-26(27)25-19-23(21-12-6-4-7-13-21)18-24(20-25)22-14-8-5-9-15-22/h4-32H,1-3H3;4-22H,1-3H3;4-20H,1-3H3;4-20H,1-3H3. The van der Waals surface area contributed by atoms with Crippen LogP contribution in [0.1, 0.15) is 105 Å². The van der Waals surface area contributed by atoms with E-state index in [2.05, 4.69) is 565 Å². The Kier molecular flexibility index (Phi) is 25.2. The van der Waals surface area contributed by atoms with Crippen molar-refractivity contribution in [3.63, 3.8) is 0 Å². The van der Waals surface area contributed by atoms with Gasteiger partial charge in [-0.1, -0.05) is 477 Å². The van der Waals surface area contributed by atoms with E-state index >= 15 is 0 Å². The highest BCUT2D eigenvalue weighted by atomic mass is 16.3. The van der Waals surface area contributed by atoms with Crippen LogP contribution in [0.3, 0.4) is 0 Å². The van der Waals surface area contributed by atoms with Crippen molar-refractivity contribution in [2.24, 2.45) is 0 Å². The van der Waals surface area contributed by atoms with E-state index in [1.54, 1.807) is 0 Å². The summed E-state index contributed by atoms with van der Waals surface area (Å²) in [5.41, 5.74) is 43.2. The van der Waals surface area contributed by atoms with Crippen LogP contribution in [0.4, 0.5) is 0 Å². The quantitative estimate of drug-likeness (QED) is 0.115. The highest BCUT2D eigenvalue weighted by Crippen LogP contribution is 2.51. The predicted molar refractivity (Wildman–Crippen MR) is 624 cm³/mol. The number of hydrogen-bond donors (Lipinski definition) is 0. The van der Waals surface area contributed by atoms with Crippen molar-refractivity contribution in [2.45, 2.75) is 105 Å². The molecule has 0 fully saturated rings. The van der Waals surface area contributed by atoms with E-state index in [4.69, 9.17) is 8.83 Å². The molecule has 0 atom stereocenters. The lowest BCUT2D eigenvalue weighted by atomic mass is 9.76. The molecule has 25 rings (SSSR count). The van der Waals surface area contributed by atoms with E-state index in [0.717, 1.165) is 55.0 Å². The normalized spacial score (nSPS) is 11.8. The molecule has 0 aliphatic carbocycles. The fourth-order valence-electron chi connectivity index (χ4n) is 22.1. The monoisotopic (exact) mass is 1880 g/mol. The number of benzene rings is 21. The minimum atomic E-state index is -0.117. The van der Waals surface area contributed by atoms with Crippen molar-refractivity contribution in [3.05, 3.63) is 520 Å². The van der Waals surface area contributed by atoms with Gasteiger partial charge >= 0.3 is 0 Å². The van der Waals surface area contributed by atoms with Crippen LogP contribution in [0.5, 0.6) is 0 Å². The summed E-state index contributed by atoms with van der Waals surface area (Å²) in [6, 6.07) is 179. The topological polar surface area (TPSA) is 36.1 Å². The SMILES string of the molecule is CC(C)(C)c1c(-c2cc(-c3ccccc3)cc(-c3ccccc3)c2)cccc1-c1cc(-c2ccccc2)cc(-c2ccccc2)c1.CC(C)(C)c1c(-c2cccc3c2oc2ccccc23)cccc1-c1cccc2c1oc1ccccc12.CC(C)(C)c1c(-n2c3ccccc3c3ccccc32)cccc1-n1c2ccccc2c2ccccc21.CC(C)(C)c1ccccc1-c1cc(-c2ccccc2)cc(-c2ccccc2)c1. The number of nitrogens with zero attached hydrogens (tertiary/aromatic N) is 2. The van der Waals surface area contributed by atoms with Gasteiger partial charge in [0.1, 0.15) is 22.3 Å². The molecule has 4 nitrogen and oxygen atoms in total. The molecule has 0 saturated carbocycles. The lowest BCUT2D eigenvalue weighted by Crippen LogP contribution is -2.19. The first-order chi connectivity index (χ1) is 71.0. The number of furan rings is 2. The highest BCUT2D eigenvalue weighted by Gasteiger charge is 2.32. The van der Waals surface area contributed by atoms with Gasteiger partial charge in [0.15, 0.2) is 0 Å². The Balaban J connectivity index is 0.000000112. The van der Waals surface area contributed by atoms with E-state index in [1.807, 2.05) is 24.3 Å². The molecule has 0 N–H and O–H groups in total. The van der Waals surface area contributed by atoms with Crippen molar-refractivity contribution in [1.29, 1.82) is 0 Å². The van der Waals surface area contributed by atoms with Crippen LogP contribution in [0, 0.1) is 0 Å². The van der Waals surface area contributed by atoms with Gasteiger partial charge in [-0.15, -0.1) is 0 Å². The van der Waals surface area contributed by atoms with E-state index < -0.39 is 0 Å². The highest BCUT2D eigenvalue weighted by molar-refractivity contribution is 6.14. The lowest BCUT2D eigenvalue weighted by Gasteiger charge is -2.28. The van der Waals surface area contributed by atoms with Crippen LogP contribution in [-0.4, -0.2) is 9.13 Å². The Bertz CT molecular complexity index is 8410. The average molecular weight is 1880 g/mol. The van der Waals surface area contributed by atoms with E-state index in [-0.39, 0.29) is 21.7 Å². The maximum Gasteiger partial charge on any atom is 0.143 e. The molecule has 708 valence electrons. The van der Waals surface area contributed by atoms with E-state index in [9.17, 15) is 0 Å². The third-order valence-corrected chi connectivity index (χ3v) is 28.5. The van der Waals surface area contributed by atoms with Crippen molar-refractivity contribution < 1.29 is 8.83 Å². The second-order valence-electron chi connectivity index (χ2n) is 42.6. The number of para-hydroxylation sites is 8. The number of aromatic nitrogens is 2. The lowest BCUT2D eigenvalue weighted by molar-refractivity contribution is 0.584. The summed E-state index contributed by atoms with van der Waals surface area (Å²) in [6.07, 6.45) is 0. The van der Waals surface area contributed by atoms with Gasteiger partial charge in [0.25, 0.3) is 0 Å². The molecule has 0 unspecified atom stereocenters. The molecule has 25 aromatic rings. The van der Waals surface area contributed by atoms with Gasteiger partial charge in [0.2, 0.25) is 0 Å². The Labute approximate surface area is 857 Å². The second kappa shape index (κ2) is 39.3. The third-order valence-electron chi connectivity index (χ3n) is 28.5. The molecule has 4 heteroatoms. The summed E-state index contributed by atoms with van der Waals surface area (Å²) >= 11 is 0. The molecule has 4 aromatic heterocycles. The van der Waals surface area contributed by atoms with Crippen LogP contribution >= 0.6 is 0 Å². The summed E-state index contributed by atoms with van der Waals surface area (Å²) in [6.45, 7) is 27.7. The van der Waals surface area contributed by atoms with Crippen molar-refractivity contribution in [3.8, 4) is 134 Å². The number of fused-ring (bicyclic) bond motifs is 12. The smallest absolute Gasteiger partial charge is 0.143 e. The molecule has 0 bridgehead atoms. The molecular weight excluding hydrogens is 1770 g/mol. The Morgan fingerprint density at radius 2 is 0.370 bits per heavy atom. The van der Waals surface area contributed by atoms with E-state index in [0.29, 0.717) is 0 Å². The zero-order valence-corrected chi connectivity index (χ0v) is 85.1. The zero-order chi connectivity index (χ0) is 100.0. The fraction of sp³-hybridized carbons (Fsp3) is 0.113. The first-order valence-electron chi connectivity index (χ1n) is 51.1. The summed E-state index contributed by atoms with van der Waals surface area (Å²) < 4.78 is 17.8. The minimum Gasteiger partial charge on any atom is -0.455 e. The molecule has 0 radical (unpaired) electrons. The van der Waals surface area contributed by atoms with Crippen LogP contribution in [-0.2, 0) is 21.7 Å². The molecule has 21 aromatic carbocycles. The van der Waals surface area contributed by atoms with Gasteiger partial charge in [-0.25, -0.2) is 0 Å². The first-order valence-corrected chi connectivity index (χ1v) is 51.1. The van der Waals surface area contributed by atoms with Crippen LogP contribution in [0.25, 0.3) is 221 Å². The molecule has 0 aliphatic rings. The molecule has 4 heterocycles. The van der Waals surface area contributed by atoms with E-state index in [1.165, 1.54) is 189 Å². The number of hydrogen-bond acceptors (Lipinski definition) is 2. The van der Waals surface area contributed by atoms with Gasteiger partial charge in [0.05, 0.1) is 33.4 Å². The van der Waals surface area contributed by atoms with Gasteiger partial charge in [-0.05, 0) is 253 Å². The van der Waals surface area contributed by atoms with Gasteiger partial charge in [-0.2, -0.15) is 0 Å². The van der Waals surface area contributed by atoms with Gasteiger partial charge < -0.3 is 18.0 Å². The summed E-state index contributed by atoms with van der Waals surface area (Å²) in [4.78, 5) is 0. The fourth-order valence-corrected chi connectivity index (χ4v) is 22.1. The summed E-state index contributed by atoms with van der Waals surface area (Å²) in [5.74, 6) is 0. The first kappa shape index (κ1) is 93.8. The maximum absolute atomic E-state index is 6.44. The van der Waals surface area contributed by atoms with Crippen molar-refractivity contribution in [1.82, 2.24) is 9.13 Å². The Morgan fingerprint density at radius 1 is 0.151 bits per heavy atom. The van der Waals surface area contributed by atoms with Crippen LogP contribution < -0.4 is 0 Å². The molecular formula is C142H118N2O2. The van der Waals surface area contributed by atoms with Crippen LogP contribution in [0.2, 0.25) is 0 Å². The van der Waals surface area contributed by atoms with Gasteiger partial charge in [0, 0.05) is 59.8 Å². The predicted octanol–water partition coefficient (Wildman–Crippen LogP) is 40.3. The maximum atomic E-state index is 6.44. The van der Waals surface area contributed by atoms with Gasteiger partial charge in [-0.3, -0.25) is 0 Å². The average Bonchev–Trinajstić information content (AvgIpc) is 1.56. The van der Waals surface area contributed by atoms with Crippen molar-refractivity contribution in [2.75, 3.05) is 0 Å². The minimum absolute atomic E-state index is 0.0895. The molecule has 0 amide bonds. The summed E-state index contributed by atoms with van der Waals surface area (Å²) in [5, 5.41) is 9.74. The summed E-state index contributed by atoms with van der Waals surface area (Å²) in [7, 11) is 0. The zero-order valence-electron chi connectivity index (χ0n) is 85.1. The third kappa shape index (κ3) is 18.5. The second-order valence-corrected chi connectivity index (χ2v) is 42.6.